The van der Waals surface area contributed by atoms with Gasteiger partial charge < -0.3 is 9.47 Å². The maximum atomic E-state index is 12.0. The van der Waals surface area contributed by atoms with Crippen LogP contribution in [0, 0.1) is 5.92 Å². The Morgan fingerprint density at radius 1 is 1.04 bits per heavy atom. The molecule has 1 aromatic carbocycles. The average Bonchev–Trinajstić information content (AvgIpc) is 2.81. The molecule has 0 aromatic heterocycles. The number of hydrogen-bond donors (Lipinski definition) is 0. The molecule has 7 heteroatoms. The Morgan fingerprint density at radius 2 is 1.67 bits per heavy atom. The van der Waals surface area contributed by atoms with Crippen molar-refractivity contribution in [3.63, 3.8) is 0 Å². The molecular weight excluding hydrogens is 314 g/mol. The number of nitrogens with zero attached hydrogens (tertiary/aromatic N) is 1. The Morgan fingerprint density at radius 3 is 2.25 bits per heavy atom. The minimum Gasteiger partial charge on any atom is -0.465 e. The third-order valence-electron chi connectivity index (χ3n) is 3.23. The zero-order valence-corrected chi connectivity index (χ0v) is 13.8. The van der Waals surface area contributed by atoms with Gasteiger partial charge >= 0.3 is 5.97 Å². The van der Waals surface area contributed by atoms with Crippen LogP contribution in [0.5, 0.6) is 0 Å². The van der Waals surface area contributed by atoms with E-state index < -0.39 is 11.8 Å². The van der Waals surface area contributed by atoms with Crippen LogP contribution in [0.1, 0.15) is 41.0 Å². The van der Waals surface area contributed by atoms with Crippen LogP contribution in [-0.2, 0) is 19.1 Å². The second kappa shape index (κ2) is 8.56. The Kier molecular flexibility index (Phi) is 6.45. The van der Waals surface area contributed by atoms with Crippen molar-refractivity contribution in [2.24, 2.45) is 5.92 Å². The lowest BCUT2D eigenvalue weighted by molar-refractivity contribution is -0.146. The summed E-state index contributed by atoms with van der Waals surface area (Å²) in [6.07, 6.45) is 0.153. The molecule has 0 unspecified atom stereocenters. The van der Waals surface area contributed by atoms with E-state index in [0.29, 0.717) is 23.7 Å². The van der Waals surface area contributed by atoms with E-state index in [2.05, 4.69) is 0 Å². The first-order valence-corrected chi connectivity index (χ1v) is 7.84. The van der Waals surface area contributed by atoms with Crippen LogP contribution in [0.25, 0.3) is 0 Å². The first-order chi connectivity index (χ1) is 11.5. The van der Waals surface area contributed by atoms with Crippen LogP contribution >= 0.6 is 0 Å². The summed E-state index contributed by atoms with van der Waals surface area (Å²) in [4.78, 5) is 40.6. The summed E-state index contributed by atoms with van der Waals surface area (Å²) in [5, 5.41) is 0.741. The van der Waals surface area contributed by atoms with Crippen molar-refractivity contribution < 1.29 is 28.7 Å². The zero-order valence-electron chi connectivity index (χ0n) is 13.8. The number of benzene rings is 1. The summed E-state index contributed by atoms with van der Waals surface area (Å²) < 4.78 is 10.3. The molecule has 0 saturated heterocycles. The largest absolute Gasteiger partial charge is 0.465 e. The number of hydrogen-bond acceptors (Lipinski definition) is 6. The second-order valence-electron chi connectivity index (χ2n) is 5.72. The average molecular weight is 335 g/mol. The fourth-order valence-corrected chi connectivity index (χ4v) is 2.06. The molecule has 0 aliphatic carbocycles. The van der Waals surface area contributed by atoms with Crippen LogP contribution in [0.15, 0.2) is 24.3 Å². The minimum absolute atomic E-state index is 0.0342. The monoisotopic (exact) mass is 335 g/mol. The van der Waals surface area contributed by atoms with Crippen molar-refractivity contribution in [2.75, 3.05) is 26.4 Å². The van der Waals surface area contributed by atoms with E-state index in [1.807, 2.05) is 13.8 Å². The molecule has 1 aliphatic rings. The second-order valence-corrected chi connectivity index (χ2v) is 5.72. The molecule has 0 N–H and O–H groups in total. The summed E-state index contributed by atoms with van der Waals surface area (Å²) in [6.45, 7) is 4.70. The highest BCUT2D eigenvalue weighted by molar-refractivity contribution is 6.20. The first-order valence-electron chi connectivity index (χ1n) is 7.84. The third-order valence-corrected chi connectivity index (χ3v) is 3.23. The van der Waals surface area contributed by atoms with Gasteiger partial charge in [0.05, 0.1) is 44.0 Å². The van der Waals surface area contributed by atoms with Gasteiger partial charge in [0.25, 0.3) is 11.8 Å². The van der Waals surface area contributed by atoms with E-state index in [4.69, 9.17) is 14.3 Å². The van der Waals surface area contributed by atoms with E-state index in [-0.39, 0.29) is 32.2 Å². The lowest BCUT2D eigenvalue weighted by Gasteiger charge is -2.13. The maximum Gasteiger partial charge on any atom is 0.308 e. The van der Waals surface area contributed by atoms with Gasteiger partial charge in [0.1, 0.15) is 0 Å². The van der Waals surface area contributed by atoms with E-state index in [0.717, 1.165) is 5.06 Å². The molecule has 1 aliphatic heterocycles. The van der Waals surface area contributed by atoms with E-state index in [9.17, 15) is 14.4 Å². The number of carbonyl (C=O) groups excluding carboxylic acids is 3. The highest BCUT2D eigenvalue weighted by atomic mass is 16.7. The smallest absolute Gasteiger partial charge is 0.308 e. The van der Waals surface area contributed by atoms with Crippen LogP contribution in [0.3, 0.4) is 0 Å². The topological polar surface area (TPSA) is 82.1 Å². The number of carbonyl (C=O) groups is 3. The summed E-state index contributed by atoms with van der Waals surface area (Å²) in [5.41, 5.74) is 0.660. The molecule has 0 saturated carbocycles. The standard InChI is InChI=1S/C17H21NO6/c1-12(2)11-23-15(19)7-8-22-9-10-24-18-16(20)13-5-3-4-6-14(13)17(18)21/h3-6,12H,7-11H2,1-2H3. The molecule has 7 nitrogen and oxygen atoms in total. The van der Waals surface area contributed by atoms with Crippen LogP contribution in [0.2, 0.25) is 0 Å². The molecule has 0 bridgehead atoms. The van der Waals surface area contributed by atoms with E-state index >= 15 is 0 Å². The highest BCUT2D eigenvalue weighted by Gasteiger charge is 2.36. The van der Waals surface area contributed by atoms with Crippen LogP contribution in [0.4, 0.5) is 0 Å². The molecule has 0 radical (unpaired) electrons. The minimum atomic E-state index is -0.479. The number of hydroxylamine groups is 2. The zero-order chi connectivity index (χ0) is 17.5. The number of imide groups is 1. The van der Waals surface area contributed by atoms with Gasteiger partial charge in [0.15, 0.2) is 0 Å². The van der Waals surface area contributed by atoms with Crippen LogP contribution in [-0.4, -0.2) is 49.3 Å². The summed E-state index contributed by atoms with van der Waals surface area (Å²) in [7, 11) is 0. The molecule has 24 heavy (non-hydrogen) atoms. The van der Waals surface area contributed by atoms with Gasteiger partial charge in [-0.1, -0.05) is 26.0 Å². The normalized spacial score (nSPS) is 13.5. The summed E-state index contributed by atoms with van der Waals surface area (Å²) in [6, 6.07) is 6.54. The summed E-state index contributed by atoms with van der Waals surface area (Å²) >= 11 is 0. The SMILES string of the molecule is CC(C)COC(=O)CCOCCON1C(=O)c2ccccc2C1=O. The Hall–Kier alpha value is -2.25. The van der Waals surface area contributed by atoms with Crippen molar-refractivity contribution in [3.8, 4) is 0 Å². The molecule has 2 amide bonds. The van der Waals surface area contributed by atoms with Crippen molar-refractivity contribution in [1.29, 1.82) is 0 Å². The predicted molar refractivity (Wildman–Crippen MR) is 84.1 cm³/mol. The Labute approximate surface area is 140 Å². The molecule has 1 heterocycles. The fraction of sp³-hybridized carbons (Fsp3) is 0.471. The molecule has 1 aromatic rings. The van der Waals surface area contributed by atoms with Gasteiger partial charge in [0.2, 0.25) is 0 Å². The number of amides is 2. The number of fused-ring (bicyclic) bond motifs is 1. The Bertz CT molecular complexity index is 578. The van der Waals surface area contributed by atoms with Gasteiger partial charge in [-0.2, -0.15) is 0 Å². The van der Waals surface area contributed by atoms with Crippen molar-refractivity contribution in [1.82, 2.24) is 5.06 Å². The van der Waals surface area contributed by atoms with Gasteiger partial charge in [0, 0.05) is 0 Å². The highest BCUT2D eigenvalue weighted by Crippen LogP contribution is 2.22. The Balaban J connectivity index is 1.63. The number of rotatable bonds is 9. The number of ether oxygens (including phenoxy) is 2. The van der Waals surface area contributed by atoms with Crippen molar-refractivity contribution in [3.05, 3.63) is 35.4 Å². The van der Waals surface area contributed by atoms with E-state index in [1.54, 1.807) is 24.3 Å². The van der Waals surface area contributed by atoms with Gasteiger partial charge in [-0.05, 0) is 18.1 Å². The molecule has 0 fully saturated rings. The van der Waals surface area contributed by atoms with Crippen LogP contribution < -0.4 is 0 Å². The maximum absolute atomic E-state index is 12.0. The van der Waals surface area contributed by atoms with Gasteiger partial charge in [-0.15, -0.1) is 5.06 Å². The molecule has 130 valence electrons. The molecule has 0 spiro atoms. The van der Waals surface area contributed by atoms with Crippen molar-refractivity contribution in [2.45, 2.75) is 20.3 Å². The quantitative estimate of drug-likeness (QED) is 0.389. The van der Waals surface area contributed by atoms with Gasteiger partial charge in [-0.3, -0.25) is 19.2 Å². The molecular formula is C17H21NO6. The molecule has 2 rings (SSSR count). The predicted octanol–water partition coefficient (Wildman–Crippen LogP) is 1.82. The van der Waals surface area contributed by atoms with Gasteiger partial charge in [-0.25, -0.2) is 0 Å². The fourth-order valence-electron chi connectivity index (χ4n) is 2.06. The number of esters is 1. The summed E-state index contributed by atoms with van der Waals surface area (Å²) in [5.74, 6) is -0.978. The third kappa shape index (κ3) is 4.62. The first kappa shape index (κ1) is 18.1. The van der Waals surface area contributed by atoms with Crippen molar-refractivity contribution >= 4 is 17.8 Å². The van der Waals surface area contributed by atoms with E-state index in [1.165, 1.54) is 0 Å². The molecule has 0 atom stereocenters. The lowest BCUT2D eigenvalue weighted by Crippen LogP contribution is -2.31. The lowest BCUT2D eigenvalue weighted by atomic mass is 10.1.